The lowest BCUT2D eigenvalue weighted by Gasteiger charge is -2.52. The van der Waals surface area contributed by atoms with E-state index in [0.717, 1.165) is 22.3 Å². The standard InChI is InChI=1S/C37H42O7/c1-39-37(22-23-38)36(43-27-32-20-12-5-13-21-32)35(42-26-31-18-10-4-11-19-31)34(41-25-30-16-8-3-9-17-30)33(44-37)28-40-24-29-14-6-2-7-15-29/h2-21,33-36,38H,22-28H2,1H3/t33-,34-,35+,36-,37-/m1/s1. The maximum absolute atomic E-state index is 10.2. The topological polar surface area (TPSA) is 75.6 Å². The van der Waals surface area contributed by atoms with Gasteiger partial charge in [0.05, 0.1) is 33.0 Å². The summed E-state index contributed by atoms with van der Waals surface area (Å²) in [6, 6.07) is 39.9. The Morgan fingerprint density at radius 3 is 1.48 bits per heavy atom. The van der Waals surface area contributed by atoms with Crippen LogP contribution in [0.25, 0.3) is 0 Å². The molecular formula is C37H42O7. The summed E-state index contributed by atoms with van der Waals surface area (Å²) < 4.78 is 39.1. The Morgan fingerprint density at radius 1 is 0.591 bits per heavy atom. The molecule has 7 nitrogen and oxygen atoms in total. The molecule has 0 saturated carbocycles. The lowest BCUT2D eigenvalue weighted by Crippen LogP contribution is -2.68. The van der Waals surface area contributed by atoms with E-state index in [4.69, 9.17) is 28.4 Å². The van der Waals surface area contributed by atoms with E-state index in [9.17, 15) is 5.11 Å². The maximum Gasteiger partial charge on any atom is 0.199 e. The second kappa shape index (κ2) is 16.6. The number of methoxy groups -OCH3 is 1. The summed E-state index contributed by atoms with van der Waals surface area (Å²) in [5, 5.41) is 10.2. The van der Waals surface area contributed by atoms with Gasteiger partial charge in [0.2, 0.25) is 0 Å². The molecule has 4 aromatic rings. The van der Waals surface area contributed by atoms with Crippen LogP contribution in [0.3, 0.4) is 0 Å². The molecule has 7 heteroatoms. The van der Waals surface area contributed by atoms with Gasteiger partial charge in [-0.15, -0.1) is 0 Å². The highest BCUT2D eigenvalue weighted by atomic mass is 16.7. The molecule has 1 aliphatic rings. The Balaban J connectivity index is 1.47. The number of ether oxygens (including phenoxy) is 6. The van der Waals surface area contributed by atoms with Gasteiger partial charge in [0, 0.05) is 20.1 Å². The van der Waals surface area contributed by atoms with Gasteiger partial charge in [0.1, 0.15) is 24.4 Å². The van der Waals surface area contributed by atoms with E-state index in [1.807, 2.05) is 121 Å². The predicted molar refractivity (Wildman–Crippen MR) is 167 cm³/mol. The molecule has 1 fully saturated rings. The number of benzene rings is 4. The summed E-state index contributed by atoms with van der Waals surface area (Å²) in [5.41, 5.74) is 4.10. The van der Waals surface area contributed by atoms with Gasteiger partial charge in [0.25, 0.3) is 0 Å². The smallest absolute Gasteiger partial charge is 0.199 e. The molecule has 1 aliphatic heterocycles. The van der Waals surface area contributed by atoms with Crippen LogP contribution in [0.15, 0.2) is 121 Å². The van der Waals surface area contributed by atoms with Crippen LogP contribution in [-0.4, -0.2) is 55.6 Å². The van der Waals surface area contributed by atoms with Crippen LogP contribution in [0.4, 0.5) is 0 Å². The first kappa shape index (κ1) is 32.0. The van der Waals surface area contributed by atoms with Crippen molar-refractivity contribution in [2.75, 3.05) is 20.3 Å². The minimum Gasteiger partial charge on any atom is -0.396 e. The van der Waals surface area contributed by atoms with Crippen molar-refractivity contribution in [2.24, 2.45) is 0 Å². The fourth-order valence-electron chi connectivity index (χ4n) is 5.54. The van der Waals surface area contributed by atoms with Crippen molar-refractivity contribution in [3.63, 3.8) is 0 Å². The van der Waals surface area contributed by atoms with Crippen LogP contribution >= 0.6 is 0 Å². The molecule has 4 aromatic carbocycles. The molecule has 232 valence electrons. The summed E-state index contributed by atoms with van der Waals surface area (Å²) in [4.78, 5) is 0. The van der Waals surface area contributed by atoms with Crippen molar-refractivity contribution >= 4 is 0 Å². The average molecular weight is 599 g/mol. The quantitative estimate of drug-likeness (QED) is 0.168. The van der Waals surface area contributed by atoms with Gasteiger partial charge in [-0.1, -0.05) is 121 Å². The molecule has 0 amide bonds. The number of rotatable bonds is 16. The van der Waals surface area contributed by atoms with Gasteiger partial charge in [-0.2, -0.15) is 0 Å². The minimum atomic E-state index is -1.31. The summed E-state index contributed by atoms with van der Waals surface area (Å²) in [6.07, 6.45) is -2.32. The highest BCUT2D eigenvalue weighted by Crippen LogP contribution is 2.39. The Labute approximate surface area is 260 Å². The van der Waals surface area contributed by atoms with Crippen molar-refractivity contribution in [3.05, 3.63) is 144 Å². The summed E-state index contributed by atoms with van der Waals surface area (Å²) in [5.74, 6) is -1.31. The average Bonchev–Trinajstić information content (AvgIpc) is 3.08. The van der Waals surface area contributed by atoms with E-state index < -0.39 is 30.2 Å². The molecule has 0 spiro atoms. The minimum absolute atomic E-state index is 0.169. The maximum atomic E-state index is 10.2. The summed E-state index contributed by atoms with van der Waals surface area (Å²) in [7, 11) is 1.58. The largest absolute Gasteiger partial charge is 0.396 e. The van der Waals surface area contributed by atoms with Crippen molar-refractivity contribution in [1.82, 2.24) is 0 Å². The summed E-state index contributed by atoms with van der Waals surface area (Å²) >= 11 is 0. The number of aliphatic hydroxyl groups excluding tert-OH is 1. The van der Waals surface area contributed by atoms with Crippen LogP contribution in [-0.2, 0) is 54.8 Å². The summed E-state index contributed by atoms with van der Waals surface area (Å²) in [6.45, 7) is 1.45. The zero-order valence-electron chi connectivity index (χ0n) is 25.2. The SMILES string of the molecule is CO[C@]1(CCO)O[C@H](COCc2ccccc2)[C@@H](OCc2ccccc2)[C@H](OCc2ccccc2)[C@H]1OCc1ccccc1. The molecule has 1 heterocycles. The molecule has 1 N–H and O–H groups in total. The molecule has 0 bridgehead atoms. The van der Waals surface area contributed by atoms with Crippen LogP contribution in [0.5, 0.6) is 0 Å². The van der Waals surface area contributed by atoms with Gasteiger partial charge in [-0.3, -0.25) is 0 Å². The Kier molecular flexibility index (Phi) is 12.1. The third kappa shape index (κ3) is 8.61. The van der Waals surface area contributed by atoms with Crippen molar-refractivity contribution in [3.8, 4) is 0 Å². The third-order valence-corrected chi connectivity index (χ3v) is 7.82. The van der Waals surface area contributed by atoms with E-state index in [2.05, 4.69) is 0 Å². The first-order valence-electron chi connectivity index (χ1n) is 15.1. The normalized spacial score (nSPS) is 23.4. The van der Waals surface area contributed by atoms with Crippen molar-refractivity contribution in [2.45, 2.75) is 63.1 Å². The van der Waals surface area contributed by atoms with Crippen LogP contribution in [0.2, 0.25) is 0 Å². The number of hydrogen-bond acceptors (Lipinski definition) is 7. The van der Waals surface area contributed by atoms with E-state index >= 15 is 0 Å². The first-order chi connectivity index (χ1) is 21.7. The molecule has 0 aromatic heterocycles. The molecule has 0 unspecified atom stereocenters. The van der Waals surface area contributed by atoms with Crippen LogP contribution in [0.1, 0.15) is 28.7 Å². The molecule has 0 radical (unpaired) electrons. The Morgan fingerprint density at radius 2 is 1.02 bits per heavy atom. The zero-order chi connectivity index (χ0) is 30.5. The molecule has 0 aliphatic carbocycles. The fourth-order valence-corrected chi connectivity index (χ4v) is 5.54. The van der Waals surface area contributed by atoms with Crippen molar-refractivity contribution in [1.29, 1.82) is 0 Å². The predicted octanol–water partition coefficient (Wildman–Crippen LogP) is 6.08. The molecule has 5 rings (SSSR count). The second-order valence-electron chi connectivity index (χ2n) is 10.9. The van der Waals surface area contributed by atoms with E-state index in [-0.39, 0.29) is 19.6 Å². The second-order valence-corrected chi connectivity index (χ2v) is 10.9. The lowest BCUT2D eigenvalue weighted by molar-refractivity contribution is -0.380. The van der Waals surface area contributed by atoms with Gasteiger partial charge >= 0.3 is 0 Å². The number of aliphatic hydroxyl groups is 1. The fraction of sp³-hybridized carbons (Fsp3) is 0.351. The Hall–Kier alpha value is -3.40. The van der Waals surface area contributed by atoms with E-state index in [1.54, 1.807) is 7.11 Å². The Bertz CT molecular complexity index is 1340. The van der Waals surface area contributed by atoms with E-state index in [1.165, 1.54) is 0 Å². The molecular weight excluding hydrogens is 556 g/mol. The molecule has 44 heavy (non-hydrogen) atoms. The van der Waals surface area contributed by atoms with Gasteiger partial charge < -0.3 is 33.5 Å². The molecule has 1 saturated heterocycles. The lowest BCUT2D eigenvalue weighted by atomic mass is 9.89. The van der Waals surface area contributed by atoms with Gasteiger partial charge in [0.15, 0.2) is 5.79 Å². The zero-order valence-corrected chi connectivity index (χ0v) is 25.2. The highest BCUT2D eigenvalue weighted by molar-refractivity contribution is 5.17. The molecule has 5 atom stereocenters. The van der Waals surface area contributed by atoms with Gasteiger partial charge in [-0.05, 0) is 22.3 Å². The first-order valence-corrected chi connectivity index (χ1v) is 15.1. The van der Waals surface area contributed by atoms with Gasteiger partial charge in [-0.25, -0.2) is 0 Å². The van der Waals surface area contributed by atoms with E-state index in [0.29, 0.717) is 26.4 Å². The van der Waals surface area contributed by atoms with Crippen LogP contribution in [0, 0.1) is 0 Å². The number of hydrogen-bond donors (Lipinski definition) is 1. The third-order valence-electron chi connectivity index (χ3n) is 7.82. The van der Waals surface area contributed by atoms with Crippen LogP contribution < -0.4 is 0 Å². The monoisotopic (exact) mass is 598 g/mol. The highest BCUT2D eigenvalue weighted by Gasteiger charge is 2.57. The van der Waals surface area contributed by atoms with Crippen molar-refractivity contribution < 1.29 is 33.5 Å².